The highest BCUT2D eigenvalue weighted by Crippen LogP contribution is 2.24. The lowest BCUT2D eigenvalue weighted by Gasteiger charge is -1.98. The molecule has 0 fully saturated rings. The second-order valence-electron chi connectivity index (χ2n) is 3.83. The molecule has 2 aromatic rings. The molecule has 3 nitrogen and oxygen atoms in total. The summed E-state index contributed by atoms with van der Waals surface area (Å²) in [5.74, 6) is -0.0313. The lowest BCUT2D eigenvalue weighted by Crippen LogP contribution is -1.99. The summed E-state index contributed by atoms with van der Waals surface area (Å²) in [4.78, 5) is 15.9. The van der Waals surface area contributed by atoms with Gasteiger partial charge in [0, 0.05) is 5.02 Å². The van der Waals surface area contributed by atoms with Crippen LogP contribution in [0.3, 0.4) is 0 Å². The highest BCUT2D eigenvalue weighted by molar-refractivity contribution is 6.30. The molecule has 2 aromatic carbocycles. The Balaban J connectivity index is 2.04. The molecule has 0 aromatic heterocycles. The number of benzene rings is 2. The summed E-state index contributed by atoms with van der Waals surface area (Å²) >= 11 is 5.80. The zero-order valence-corrected chi connectivity index (χ0v) is 10.0. The molecular formula is C14H8ClNO2. The fourth-order valence-corrected chi connectivity index (χ4v) is 1.89. The second kappa shape index (κ2) is 4.27. The normalized spacial score (nSPS) is 15.6. The molecule has 1 heterocycles. The second-order valence-corrected chi connectivity index (χ2v) is 4.26. The number of cyclic esters (lactones) is 1. The fourth-order valence-electron chi connectivity index (χ4n) is 1.76. The van der Waals surface area contributed by atoms with E-state index in [-0.39, 0.29) is 5.97 Å². The van der Waals surface area contributed by atoms with Gasteiger partial charge in [-0.3, -0.25) is 0 Å². The molecule has 0 unspecified atom stereocenters. The summed E-state index contributed by atoms with van der Waals surface area (Å²) in [5, 5.41) is 0.641. The smallest absolute Gasteiger partial charge is 0.345 e. The zero-order valence-electron chi connectivity index (χ0n) is 9.26. The Kier molecular flexibility index (Phi) is 2.61. The van der Waals surface area contributed by atoms with Crippen LogP contribution >= 0.6 is 11.6 Å². The average molecular weight is 258 g/mol. The van der Waals surface area contributed by atoms with Crippen molar-refractivity contribution in [3.8, 4) is 0 Å². The van der Waals surface area contributed by atoms with Gasteiger partial charge in [0.1, 0.15) is 0 Å². The van der Waals surface area contributed by atoms with Crippen molar-refractivity contribution < 1.29 is 9.53 Å². The van der Waals surface area contributed by atoms with Crippen LogP contribution in [-0.2, 0) is 4.74 Å². The summed E-state index contributed by atoms with van der Waals surface area (Å²) in [6.45, 7) is 0. The number of esters is 1. The predicted molar refractivity (Wildman–Crippen MR) is 69.5 cm³/mol. The number of hydrogen-bond donors (Lipinski definition) is 0. The van der Waals surface area contributed by atoms with Gasteiger partial charge in [0.2, 0.25) is 5.90 Å². The lowest BCUT2D eigenvalue weighted by atomic mass is 10.1. The van der Waals surface area contributed by atoms with E-state index in [4.69, 9.17) is 16.3 Å². The van der Waals surface area contributed by atoms with Gasteiger partial charge in [-0.2, -0.15) is 0 Å². The van der Waals surface area contributed by atoms with Gasteiger partial charge < -0.3 is 4.74 Å². The predicted octanol–water partition coefficient (Wildman–Crippen LogP) is 3.59. The van der Waals surface area contributed by atoms with Crippen molar-refractivity contribution in [3.63, 3.8) is 0 Å². The molecule has 0 radical (unpaired) electrons. The molecule has 0 spiro atoms. The van der Waals surface area contributed by atoms with Gasteiger partial charge in [-0.1, -0.05) is 23.7 Å². The largest absolute Gasteiger partial charge is 0.403 e. The van der Waals surface area contributed by atoms with Crippen molar-refractivity contribution in [2.45, 2.75) is 0 Å². The van der Waals surface area contributed by atoms with Crippen LogP contribution in [0, 0.1) is 0 Å². The van der Waals surface area contributed by atoms with E-state index in [9.17, 15) is 4.79 Å². The zero-order chi connectivity index (χ0) is 12.5. The number of carbonyl (C=O) groups is 1. The molecule has 4 heteroatoms. The van der Waals surface area contributed by atoms with Gasteiger partial charge in [0.25, 0.3) is 0 Å². The Hall–Kier alpha value is -2.13. The topological polar surface area (TPSA) is 38.7 Å². The first-order valence-corrected chi connectivity index (χ1v) is 5.78. The number of fused-ring (bicyclic) bond motifs is 1. The summed E-state index contributed by atoms with van der Waals surface area (Å²) in [6, 6.07) is 14.2. The molecule has 0 amide bonds. The van der Waals surface area contributed by atoms with Crippen LogP contribution in [0.25, 0.3) is 0 Å². The molecule has 0 atom stereocenters. The number of ether oxygens (including phenoxy) is 1. The van der Waals surface area contributed by atoms with Gasteiger partial charge >= 0.3 is 5.97 Å². The Bertz CT molecular complexity index is 647. The van der Waals surface area contributed by atoms with Crippen molar-refractivity contribution in [1.82, 2.24) is 0 Å². The number of carbonyl (C=O) groups excluding carboxylic acids is 1. The van der Waals surface area contributed by atoms with E-state index >= 15 is 0 Å². The Morgan fingerprint density at radius 3 is 2.33 bits per heavy atom. The minimum atomic E-state index is -0.363. The number of aliphatic imine (C=N–C) groups is 1. The minimum Gasteiger partial charge on any atom is -0.403 e. The first kappa shape index (κ1) is 11.0. The minimum absolute atomic E-state index is 0.331. The third-order valence-electron chi connectivity index (χ3n) is 2.62. The van der Waals surface area contributed by atoms with Crippen molar-refractivity contribution in [1.29, 1.82) is 0 Å². The van der Waals surface area contributed by atoms with Gasteiger partial charge in [-0.05, 0) is 36.4 Å². The Morgan fingerprint density at radius 2 is 1.61 bits per heavy atom. The van der Waals surface area contributed by atoms with Gasteiger partial charge in [0.05, 0.1) is 16.8 Å². The monoisotopic (exact) mass is 257 g/mol. The molecular weight excluding hydrogens is 250 g/mol. The number of hydrogen-bond acceptors (Lipinski definition) is 3. The highest BCUT2D eigenvalue weighted by Gasteiger charge is 2.27. The third-order valence-corrected chi connectivity index (χ3v) is 2.88. The van der Waals surface area contributed by atoms with Crippen LogP contribution in [-0.4, -0.2) is 11.9 Å². The van der Waals surface area contributed by atoms with Gasteiger partial charge in [-0.25, -0.2) is 9.79 Å². The molecule has 0 saturated carbocycles. The molecule has 1 aliphatic rings. The first-order valence-electron chi connectivity index (χ1n) is 5.40. The maximum absolute atomic E-state index is 11.6. The molecule has 88 valence electrons. The summed E-state index contributed by atoms with van der Waals surface area (Å²) in [5.41, 5.74) is 1.96. The first-order chi connectivity index (χ1) is 8.74. The van der Waals surface area contributed by atoms with Crippen molar-refractivity contribution >= 4 is 29.2 Å². The maximum Gasteiger partial charge on any atom is 0.345 e. The van der Waals surface area contributed by atoms with Crippen LogP contribution in [0.4, 0.5) is 5.69 Å². The van der Waals surface area contributed by atoms with Gasteiger partial charge in [-0.15, -0.1) is 0 Å². The Labute approximate surface area is 109 Å². The fraction of sp³-hybridized carbons (Fsp3) is 0. The van der Waals surface area contributed by atoms with Gasteiger partial charge in [0.15, 0.2) is 0 Å². The van der Waals surface area contributed by atoms with Crippen molar-refractivity contribution in [3.05, 3.63) is 64.7 Å². The maximum atomic E-state index is 11.6. The van der Waals surface area contributed by atoms with Crippen molar-refractivity contribution in [2.75, 3.05) is 0 Å². The van der Waals surface area contributed by atoms with Crippen LogP contribution in [0.2, 0.25) is 5.02 Å². The molecule has 3 rings (SSSR count). The number of halogens is 1. The number of nitrogens with zero attached hydrogens (tertiary/aromatic N) is 1. The summed E-state index contributed by atoms with van der Waals surface area (Å²) in [7, 11) is 0. The lowest BCUT2D eigenvalue weighted by molar-refractivity contribution is 0.0737. The molecule has 1 aliphatic heterocycles. The summed E-state index contributed by atoms with van der Waals surface area (Å²) in [6.07, 6.45) is 0. The van der Waals surface area contributed by atoms with E-state index in [1.807, 2.05) is 12.1 Å². The van der Waals surface area contributed by atoms with Crippen molar-refractivity contribution in [2.24, 2.45) is 4.99 Å². The quantitative estimate of drug-likeness (QED) is 0.733. The molecule has 0 saturated heterocycles. The van der Waals surface area contributed by atoms with E-state index in [1.54, 1.807) is 36.4 Å². The van der Waals surface area contributed by atoms with Crippen LogP contribution < -0.4 is 0 Å². The third kappa shape index (κ3) is 1.89. The van der Waals surface area contributed by atoms with Crippen LogP contribution in [0.5, 0.6) is 0 Å². The van der Waals surface area contributed by atoms with E-state index in [1.165, 1.54) is 0 Å². The number of rotatable bonds is 1. The molecule has 0 aliphatic carbocycles. The van der Waals surface area contributed by atoms with E-state index in [2.05, 4.69) is 4.99 Å². The molecule has 0 bridgehead atoms. The molecule has 18 heavy (non-hydrogen) atoms. The highest BCUT2D eigenvalue weighted by atomic mass is 35.5. The summed E-state index contributed by atoms with van der Waals surface area (Å²) < 4.78 is 5.14. The van der Waals surface area contributed by atoms with E-state index in [0.717, 1.165) is 5.56 Å². The van der Waals surface area contributed by atoms with E-state index < -0.39 is 0 Å². The molecule has 0 N–H and O–H groups in total. The standard InChI is InChI=1S/C14H8ClNO2/c15-9-5-7-10(8-6-9)16-13-11-3-1-2-4-12(11)14(17)18-13/h1-8H. The van der Waals surface area contributed by atoms with Crippen LogP contribution in [0.1, 0.15) is 15.9 Å². The van der Waals surface area contributed by atoms with Crippen LogP contribution in [0.15, 0.2) is 53.5 Å². The average Bonchev–Trinajstić information content (AvgIpc) is 2.70. The van der Waals surface area contributed by atoms with E-state index in [0.29, 0.717) is 22.2 Å². The Morgan fingerprint density at radius 1 is 0.944 bits per heavy atom. The SMILES string of the molecule is O=C1OC(=Nc2ccc(Cl)cc2)c2ccccc21.